The minimum Gasteiger partial charge on any atom is -0.352 e. The second-order valence-electron chi connectivity index (χ2n) is 8.80. The first kappa shape index (κ1) is 19.2. The second kappa shape index (κ2) is 8.48. The average molecular weight is 377 g/mol. The third-order valence-corrected chi connectivity index (χ3v) is 6.22. The zero-order valence-electron chi connectivity index (χ0n) is 17.2. The van der Waals surface area contributed by atoms with E-state index in [-0.39, 0.29) is 5.91 Å². The van der Waals surface area contributed by atoms with E-state index in [0.29, 0.717) is 12.5 Å². The average Bonchev–Trinajstić information content (AvgIpc) is 3.26. The number of nitrogens with zero attached hydrogens (tertiary/aromatic N) is 1. The number of hydrogen-bond donors (Lipinski definition) is 1. The molecule has 0 bridgehead atoms. The maximum absolute atomic E-state index is 12.2. The van der Waals surface area contributed by atoms with Gasteiger partial charge in [0, 0.05) is 18.2 Å². The van der Waals surface area contributed by atoms with E-state index in [1.807, 2.05) is 12.1 Å². The fourth-order valence-corrected chi connectivity index (χ4v) is 4.55. The van der Waals surface area contributed by atoms with Gasteiger partial charge in [0.05, 0.1) is 0 Å². The fraction of sp³-hybridized carbons (Fsp3) is 0.480. The highest BCUT2D eigenvalue weighted by Crippen LogP contribution is 2.30. The molecule has 28 heavy (non-hydrogen) atoms. The molecule has 1 unspecified atom stereocenters. The van der Waals surface area contributed by atoms with Gasteiger partial charge in [-0.05, 0) is 85.5 Å². The molecule has 1 atom stereocenters. The second-order valence-corrected chi connectivity index (χ2v) is 8.80. The third-order valence-electron chi connectivity index (χ3n) is 6.22. The summed E-state index contributed by atoms with van der Waals surface area (Å²) in [6, 6.07) is 15.7. The summed E-state index contributed by atoms with van der Waals surface area (Å²) in [4.78, 5) is 14.9. The van der Waals surface area contributed by atoms with Gasteiger partial charge in [0.1, 0.15) is 0 Å². The van der Waals surface area contributed by atoms with E-state index in [4.69, 9.17) is 0 Å². The van der Waals surface area contributed by atoms with E-state index in [1.165, 1.54) is 67.4 Å². The summed E-state index contributed by atoms with van der Waals surface area (Å²) in [7, 11) is 0. The number of aryl methyl sites for hydroxylation is 1. The Morgan fingerprint density at radius 1 is 1.04 bits per heavy atom. The Morgan fingerprint density at radius 2 is 1.75 bits per heavy atom. The molecule has 0 radical (unpaired) electrons. The van der Waals surface area contributed by atoms with Crippen LogP contribution in [0.15, 0.2) is 42.5 Å². The van der Waals surface area contributed by atoms with Gasteiger partial charge in [0.15, 0.2) is 0 Å². The Hall–Kier alpha value is -2.13. The molecule has 1 amide bonds. The lowest BCUT2D eigenvalue weighted by Crippen LogP contribution is -2.37. The molecule has 1 heterocycles. The molecule has 1 saturated heterocycles. The molecule has 148 valence electrons. The largest absolute Gasteiger partial charge is 0.352 e. The van der Waals surface area contributed by atoms with Crippen LogP contribution in [-0.2, 0) is 12.8 Å². The number of nitrogens with one attached hydrogen (secondary N) is 1. The highest BCUT2D eigenvalue weighted by molar-refractivity contribution is 5.94. The minimum absolute atomic E-state index is 0.0126. The van der Waals surface area contributed by atoms with Crippen molar-refractivity contribution in [2.24, 2.45) is 5.92 Å². The number of benzene rings is 2. The van der Waals surface area contributed by atoms with Crippen LogP contribution in [-0.4, -0.2) is 36.5 Å². The number of amides is 1. The van der Waals surface area contributed by atoms with Crippen LogP contribution in [0.1, 0.15) is 54.6 Å². The van der Waals surface area contributed by atoms with Gasteiger partial charge in [-0.15, -0.1) is 0 Å². The van der Waals surface area contributed by atoms with Crippen LogP contribution in [0.25, 0.3) is 11.1 Å². The van der Waals surface area contributed by atoms with Crippen molar-refractivity contribution in [1.82, 2.24) is 10.2 Å². The molecule has 0 saturated carbocycles. The molecule has 2 aliphatic rings. The van der Waals surface area contributed by atoms with Gasteiger partial charge in [-0.1, -0.05) is 44.2 Å². The van der Waals surface area contributed by atoms with Crippen molar-refractivity contribution in [3.05, 3.63) is 59.2 Å². The van der Waals surface area contributed by atoms with Crippen molar-refractivity contribution < 1.29 is 4.79 Å². The van der Waals surface area contributed by atoms with E-state index in [9.17, 15) is 4.79 Å². The van der Waals surface area contributed by atoms with Gasteiger partial charge in [-0.25, -0.2) is 0 Å². The van der Waals surface area contributed by atoms with E-state index in [1.54, 1.807) is 0 Å². The predicted octanol–water partition coefficient (Wildman–Crippen LogP) is 4.69. The molecular weight excluding hydrogens is 344 g/mol. The summed E-state index contributed by atoms with van der Waals surface area (Å²) < 4.78 is 0. The van der Waals surface area contributed by atoms with Gasteiger partial charge in [-0.3, -0.25) is 4.79 Å². The number of rotatable bonds is 5. The summed E-state index contributed by atoms with van der Waals surface area (Å²) in [5, 5.41) is 2.98. The molecule has 0 spiro atoms. The summed E-state index contributed by atoms with van der Waals surface area (Å²) in [6.07, 6.45) is 6.40. The highest BCUT2D eigenvalue weighted by Gasteiger charge is 2.26. The Labute approximate surface area is 169 Å². The van der Waals surface area contributed by atoms with Crippen LogP contribution in [0.2, 0.25) is 0 Å². The molecule has 1 fully saturated rings. The number of hydrogen-bond acceptors (Lipinski definition) is 2. The molecule has 1 N–H and O–H groups in total. The minimum atomic E-state index is 0.0126. The first-order valence-electron chi connectivity index (χ1n) is 10.8. The van der Waals surface area contributed by atoms with Gasteiger partial charge < -0.3 is 10.2 Å². The van der Waals surface area contributed by atoms with Crippen LogP contribution >= 0.6 is 0 Å². The molecule has 2 aromatic rings. The van der Waals surface area contributed by atoms with E-state index in [0.717, 1.165) is 11.6 Å². The topological polar surface area (TPSA) is 32.3 Å². The van der Waals surface area contributed by atoms with Crippen molar-refractivity contribution in [2.75, 3.05) is 19.6 Å². The van der Waals surface area contributed by atoms with Crippen molar-refractivity contribution in [2.45, 2.75) is 52.0 Å². The number of carbonyl (C=O) groups is 1. The van der Waals surface area contributed by atoms with Gasteiger partial charge in [0.2, 0.25) is 0 Å². The normalized spacial score (nSPS) is 19.6. The maximum Gasteiger partial charge on any atom is 0.251 e. The van der Waals surface area contributed by atoms with E-state index in [2.05, 4.69) is 54.4 Å². The van der Waals surface area contributed by atoms with Crippen molar-refractivity contribution >= 4 is 5.91 Å². The fourth-order valence-electron chi connectivity index (χ4n) is 4.55. The van der Waals surface area contributed by atoms with Crippen LogP contribution in [0, 0.1) is 5.92 Å². The Bertz CT molecular complexity index is 819. The van der Waals surface area contributed by atoms with Crippen molar-refractivity contribution in [1.29, 1.82) is 0 Å². The van der Waals surface area contributed by atoms with Gasteiger partial charge in [0.25, 0.3) is 5.91 Å². The maximum atomic E-state index is 12.2. The monoisotopic (exact) mass is 376 g/mol. The summed E-state index contributed by atoms with van der Waals surface area (Å²) in [6.45, 7) is 7.49. The summed E-state index contributed by atoms with van der Waals surface area (Å²) in [5.74, 6) is 0.474. The first-order valence-corrected chi connectivity index (χ1v) is 10.8. The Morgan fingerprint density at radius 3 is 2.46 bits per heavy atom. The van der Waals surface area contributed by atoms with Crippen molar-refractivity contribution in [3.8, 4) is 11.1 Å². The zero-order valence-corrected chi connectivity index (χ0v) is 17.2. The first-order chi connectivity index (χ1) is 13.6. The number of likely N-dealkylation sites (tertiary alicyclic amines) is 1. The molecule has 2 aromatic carbocycles. The lowest BCUT2D eigenvalue weighted by Gasteiger charge is -2.32. The van der Waals surface area contributed by atoms with Crippen LogP contribution in [0.4, 0.5) is 0 Å². The Kier molecular flexibility index (Phi) is 5.82. The molecule has 0 aromatic heterocycles. The predicted molar refractivity (Wildman–Crippen MR) is 116 cm³/mol. The lowest BCUT2D eigenvalue weighted by atomic mass is 9.85. The Balaban J connectivity index is 1.45. The molecule has 3 nitrogen and oxygen atoms in total. The van der Waals surface area contributed by atoms with Crippen molar-refractivity contribution in [3.63, 3.8) is 0 Å². The van der Waals surface area contributed by atoms with Crippen LogP contribution in [0.3, 0.4) is 0 Å². The van der Waals surface area contributed by atoms with E-state index < -0.39 is 0 Å². The zero-order chi connectivity index (χ0) is 19.5. The molecule has 1 aliphatic heterocycles. The van der Waals surface area contributed by atoms with Crippen LogP contribution < -0.4 is 5.32 Å². The van der Waals surface area contributed by atoms with Gasteiger partial charge >= 0.3 is 0 Å². The number of fused-ring (bicyclic) bond motifs is 1. The molecule has 3 heteroatoms. The highest BCUT2D eigenvalue weighted by atomic mass is 16.1. The molecule has 4 rings (SSSR count). The standard InChI is InChI=1S/C25H32N2O/c1-18(2)17-26-25(28)20-7-5-19(6-8-20)21-9-10-23-16-24(12-11-22(23)15-21)27-13-3-4-14-27/h5-10,15,18,24H,3-4,11-14,16-17H2,1-2H3,(H,26,28). The lowest BCUT2D eigenvalue weighted by molar-refractivity contribution is 0.0949. The SMILES string of the molecule is CC(C)CNC(=O)c1ccc(-c2ccc3c(c2)CCC(N2CCCC2)C3)cc1. The summed E-state index contributed by atoms with van der Waals surface area (Å²) >= 11 is 0. The third kappa shape index (κ3) is 4.30. The quantitative estimate of drug-likeness (QED) is 0.821. The number of carbonyl (C=O) groups excluding carboxylic acids is 1. The smallest absolute Gasteiger partial charge is 0.251 e. The van der Waals surface area contributed by atoms with Gasteiger partial charge in [-0.2, -0.15) is 0 Å². The van der Waals surface area contributed by atoms with Crippen LogP contribution in [0.5, 0.6) is 0 Å². The molecular formula is C25H32N2O. The van der Waals surface area contributed by atoms with E-state index >= 15 is 0 Å². The summed E-state index contributed by atoms with van der Waals surface area (Å²) in [5.41, 5.74) is 6.21. The molecule has 1 aliphatic carbocycles.